The number of ether oxygens (including phenoxy) is 1. The minimum Gasteiger partial charge on any atom is -0.416 e. The van der Waals surface area contributed by atoms with Gasteiger partial charge in [-0.25, -0.2) is 8.42 Å². The Kier molecular flexibility index (Phi) is 7.72. The first-order chi connectivity index (χ1) is 15.8. The van der Waals surface area contributed by atoms with E-state index in [1.165, 1.54) is 41.4 Å². The van der Waals surface area contributed by atoms with Crippen molar-refractivity contribution in [3.63, 3.8) is 0 Å². The second-order valence-electron chi connectivity index (χ2n) is 8.49. The lowest BCUT2D eigenvalue weighted by atomic mass is 9.89. The van der Waals surface area contributed by atoms with Crippen LogP contribution < -0.4 is 5.32 Å². The third-order valence-corrected chi connectivity index (χ3v) is 9.04. The van der Waals surface area contributed by atoms with E-state index < -0.39 is 15.3 Å². The van der Waals surface area contributed by atoms with Crippen molar-refractivity contribution in [2.45, 2.75) is 67.2 Å². The second-order valence-corrected chi connectivity index (χ2v) is 11.7. The number of hydrogen-bond donors (Lipinski definition) is 1. The molecule has 9 nitrogen and oxygen atoms in total. The Morgan fingerprint density at radius 3 is 2.64 bits per heavy atom. The lowest BCUT2D eigenvalue weighted by Crippen LogP contribution is -2.40. The number of nitrogens with one attached hydrogen (secondary N) is 1. The number of carbonyl (C=O) groups excluding carboxylic acids is 1. The lowest BCUT2D eigenvalue weighted by Gasteiger charge is -2.27. The minimum absolute atomic E-state index is 0.191. The van der Waals surface area contributed by atoms with Gasteiger partial charge in [0.15, 0.2) is 0 Å². The maximum atomic E-state index is 13.1. The predicted molar refractivity (Wildman–Crippen MR) is 125 cm³/mol. The standard InChI is InChI=1S/C22H30N4O5S2/c1-15-8-9-18(14-19(15)33(28,29)26-10-12-30-13-11-26)23-20(27)16(2)32-22-25-24-21(31-22)17-6-4-3-5-7-17/h8-9,14,16-17H,3-7,10-13H2,1-2H3,(H,23,27). The van der Waals surface area contributed by atoms with Crippen LogP contribution in [0.25, 0.3) is 0 Å². The van der Waals surface area contributed by atoms with Crippen LogP contribution in [0.1, 0.15) is 56.4 Å². The van der Waals surface area contributed by atoms with E-state index in [0.29, 0.717) is 54.6 Å². The molecule has 1 aliphatic carbocycles. The second kappa shape index (κ2) is 10.5. The average Bonchev–Trinajstić information content (AvgIpc) is 3.30. The maximum Gasteiger partial charge on any atom is 0.277 e. The van der Waals surface area contributed by atoms with Gasteiger partial charge in [0.25, 0.3) is 5.22 Å². The SMILES string of the molecule is Cc1ccc(NC(=O)C(C)Sc2nnc(C3CCCCC3)o2)cc1S(=O)(=O)N1CCOCC1. The highest BCUT2D eigenvalue weighted by atomic mass is 32.2. The quantitative estimate of drug-likeness (QED) is 0.581. The summed E-state index contributed by atoms with van der Waals surface area (Å²) < 4.78 is 38.7. The summed E-state index contributed by atoms with van der Waals surface area (Å²) >= 11 is 1.20. The minimum atomic E-state index is -3.66. The van der Waals surface area contributed by atoms with Gasteiger partial charge in [-0.2, -0.15) is 4.31 Å². The van der Waals surface area contributed by atoms with Gasteiger partial charge < -0.3 is 14.5 Å². The smallest absolute Gasteiger partial charge is 0.277 e. The molecule has 1 atom stereocenters. The van der Waals surface area contributed by atoms with Gasteiger partial charge in [0.1, 0.15) is 0 Å². The highest BCUT2D eigenvalue weighted by Crippen LogP contribution is 2.34. The summed E-state index contributed by atoms with van der Waals surface area (Å²) in [7, 11) is -3.66. The Morgan fingerprint density at radius 2 is 1.91 bits per heavy atom. The van der Waals surface area contributed by atoms with Gasteiger partial charge in [-0.15, -0.1) is 10.2 Å². The van der Waals surface area contributed by atoms with Crippen LogP contribution in [-0.2, 0) is 19.6 Å². The van der Waals surface area contributed by atoms with Gasteiger partial charge in [0, 0.05) is 24.7 Å². The lowest BCUT2D eigenvalue weighted by molar-refractivity contribution is -0.115. The van der Waals surface area contributed by atoms with E-state index in [9.17, 15) is 13.2 Å². The summed E-state index contributed by atoms with van der Waals surface area (Å²) in [5.41, 5.74) is 1.06. The van der Waals surface area contributed by atoms with Crippen LogP contribution in [-0.4, -0.2) is 60.4 Å². The van der Waals surface area contributed by atoms with Gasteiger partial charge in [-0.1, -0.05) is 37.1 Å². The summed E-state index contributed by atoms with van der Waals surface area (Å²) in [6, 6.07) is 4.93. The molecular weight excluding hydrogens is 464 g/mol. The van der Waals surface area contributed by atoms with Gasteiger partial charge in [0.2, 0.25) is 21.8 Å². The average molecular weight is 495 g/mol. The maximum absolute atomic E-state index is 13.1. The number of aromatic nitrogens is 2. The van der Waals surface area contributed by atoms with Crippen molar-refractivity contribution < 1.29 is 22.4 Å². The summed E-state index contributed by atoms with van der Waals surface area (Å²) in [5.74, 6) is 0.696. The molecule has 0 radical (unpaired) electrons. The first-order valence-corrected chi connectivity index (χ1v) is 13.7. The van der Waals surface area contributed by atoms with Crippen molar-refractivity contribution >= 4 is 33.4 Å². The van der Waals surface area contributed by atoms with Crippen LogP contribution in [0.5, 0.6) is 0 Å². The van der Waals surface area contributed by atoms with E-state index in [2.05, 4.69) is 15.5 Å². The van der Waals surface area contributed by atoms with Crippen molar-refractivity contribution in [1.29, 1.82) is 0 Å². The largest absolute Gasteiger partial charge is 0.416 e. The fourth-order valence-electron chi connectivity index (χ4n) is 4.11. The number of hydrogen-bond acceptors (Lipinski definition) is 8. The Labute approximate surface area is 198 Å². The topological polar surface area (TPSA) is 115 Å². The molecule has 33 heavy (non-hydrogen) atoms. The Balaban J connectivity index is 1.41. The molecule has 1 unspecified atom stereocenters. The van der Waals surface area contributed by atoms with E-state index in [1.807, 2.05) is 0 Å². The first-order valence-electron chi connectivity index (χ1n) is 11.3. The summed E-state index contributed by atoms with van der Waals surface area (Å²) in [4.78, 5) is 13.0. The Hall–Kier alpha value is -1.95. The molecule has 1 amide bonds. The zero-order valence-electron chi connectivity index (χ0n) is 19.0. The number of anilines is 1. The van der Waals surface area contributed by atoms with Gasteiger partial charge in [0.05, 0.1) is 23.4 Å². The molecule has 1 aromatic heterocycles. The summed E-state index contributed by atoms with van der Waals surface area (Å²) in [6.07, 6.45) is 5.72. The molecule has 1 saturated heterocycles. The van der Waals surface area contributed by atoms with Crippen molar-refractivity contribution in [3.05, 3.63) is 29.7 Å². The number of aryl methyl sites for hydroxylation is 1. The van der Waals surface area contributed by atoms with Crippen LogP contribution in [0.3, 0.4) is 0 Å². The normalized spacial score (nSPS) is 19.3. The number of thioether (sulfide) groups is 1. The fraction of sp³-hybridized carbons (Fsp3) is 0.591. The summed E-state index contributed by atoms with van der Waals surface area (Å²) in [6.45, 7) is 4.89. The van der Waals surface area contributed by atoms with E-state index in [0.717, 1.165) is 12.8 Å². The molecule has 11 heteroatoms. The number of benzene rings is 1. The van der Waals surface area contributed by atoms with Gasteiger partial charge in [-0.3, -0.25) is 4.79 Å². The van der Waals surface area contributed by atoms with Gasteiger partial charge in [-0.05, 0) is 44.4 Å². The molecule has 2 heterocycles. The van der Waals surface area contributed by atoms with E-state index in [1.54, 1.807) is 26.0 Å². The number of morpholine rings is 1. The van der Waals surface area contributed by atoms with E-state index in [-0.39, 0.29) is 10.8 Å². The number of nitrogens with zero attached hydrogens (tertiary/aromatic N) is 3. The van der Waals surface area contributed by atoms with Crippen molar-refractivity contribution in [2.24, 2.45) is 0 Å². The zero-order valence-corrected chi connectivity index (χ0v) is 20.6. The van der Waals surface area contributed by atoms with Crippen LogP contribution in [0.2, 0.25) is 0 Å². The molecule has 2 fully saturated rings. The molecule has 4 rings (SSSR count). The van der Waals surface area contributed by atoms with Gasteiger partial charge >= 0.3 is 0 Å². The third-order valence-electron chi connectivity index (χ3n) is 6.07. The third kappa shape index (κ3) is 5.76. The molecule has 1 aromatic carbocycles. The Bertz CT molecular complexity index is 1080. The molecule has 0 spiro atoms. The predicted octanol–water partition coefficient (Wildman–Crippen LogP) is 3.57. The fourth-order valence-corrected chi connectivity index (χ4v) is 6.46. The highest BCUT2D eigenvalue weighted by Gasteiger charge is 2.28. The number of rotatable bonds is 7. The molecule has 2 aliphatic rings. The van der Waals surface area contributed by atoms with Crippen molar-refractivity contribution in [2.75, 3.05) is 31.6 Å². The van der Waals surface area contributed by atoms with Crippen LogP contribution in [0.15, 0.2) is 32.7 Å². The first kappa shape index (κ1) is 24.2. The molecule has 1 N–H and O–H groups in total. The van der Waals surface area contributed by atoms with E-state index >= 15 is 0 Å². The van der Waals surface area contributed by atoms with Crippen LogP contribution in [0, 0.1) is 6.92 Å². The van der Waals surface area contributed by atoms with Crippen molar-refractivity contribution in [3.8, 4) is 0 Å². The molecule has 180 valence electrons. The monoisotopic (exact) mass is 494 g/mol. The Morgan fingerprint density at radius 1 is 1.18 bits per heavy atom. The van der Waals surface area contributed by atoms with Crippen molar-refractivity contribution in [1.82, 2.24) is 14.5 Å². The van der Waals surface area contributed by atoms with Crippen LogP contribution >= 0.6 is 11.8 Å². The van der Waals surface area contributed by atoms with E-state index in [4.69, 9.17) is 9.15 Å². The summed E-state index contributed by atoms with van der Waals surface area (Å²) in [5, 5.41) is 11.0. The molecular formula is C22H30N4O5S2. The van der Waals surface area contributed by atoms with Crippen LogP contribution in [0.4, 0.5) is 5.69 Å². The number of sulfonamides is 1. The number of carbonyl (C=O) groups is 1. The molecule has 1 aliphatic heterocycles. The molecule has 0 bridgehead atoms. The molecule has 1 saturated carbocycles. The highest BCUT2D eigenvalue weighted by molar-refractivity contribution is 8.00. The number of amides is 1. The molecule has 2 aromatic rings. The zero-order chi connectivity index (χ0) is 23.4.